The largest absolute Gasteiger partial charge is 0.497 e. The molecule has 0 aliphatic carbocycles. The zero-order chi connectivity index (χ0) is 22.0. The number of benzene rings is 3. The Labute approximate surface area is 178 Å². The van der Waals surface area contributed by atoms with Crippen molar-refractivity contribution in [2.24, 2.45) is 0 Å². The first-order valence-corrected chi connectivity index (χ1v) is 9.49. The first kappa shape index (κ1) is 20.0. The Morgan fingerprint density at radius 1 is 0.710 bits per heavy atom. The minimum atomic E-state index is -1.01. The van der Waals surface area contributed by atoms with Crippen LogP contribution < -0.4 is 9.64 Å². The second-order valence-electron chi connectivity index (χ2n) is 6.78. The topological polar surface area (TPSA) is 80.8 Å². The summed E-state index contributed by atoms with van der Waals surface area (Å²) in [4.78, 5) is 53.5. The van der Waals surface area contributed by atoms with Gasteiger partial charge >= 0.3 is 5.91 Å². The maximum Gasteiger partial charge on any atom is 0.304 e. The van der Waals surface area contributed by atoms with Crippen molar-refractivity contribution in [2.45, 2.75) is 0 Å². The fraction of sp³-hybridized carbons (Fsp3) is 0.0400. The van der Waals surface area contributed by atoms with E-state index in [1.54, 1.807) is 72.8 Å². The Balaban J connectivity index is 1.92. The summed E-state index contributed by atoms with van der Waals surface area (Å²) in [7, 11) is 1.50. The van der Waals surface area contributed by atoms with Gasteiger partial charge < -0.3 is 4.74 Å². The molecule has 1 amide bonds. The third-order valence-electron chi connectivity index (χ3n) is 4.93. The highest BCUT2D eigenvalue weighted by Gasteiger charge is 2.45. The van der Waals surface area contributed by atoms with Crippen LogP contribution in [0.3, 0.4) is 0 Å². The average Bonchev–Trinajstić information content (AvgIpc) is 3.09. The Morgan fingerprint density at radius 2 is 1.23 bits per heavy atom. The third-order valence-corrected chi connectivity index (χ3v) is 4.93. The van der Waals surface area contributed by atoms with Gasteiger partial charge in [-0.15, -0.1) is 0 Å². The Hall–Kier alpha value is -4.32. The van der Waals surface area contributed by atoms with Gasteiger partial charge in [0.15, 0.2) is 5.78 Å². The number of carbonyl (C=O) groups excluding carboxylic acids is 4. The lowest BCUT2D eigenvalue weighted by Crippen LogP contribution is -2.31. The van der Waals surface area contributed by atoms with Crippen LogP contribution in [0.15, 0.2) is 96.2 Å². The van der Waals surface area contributed by atoms with Crippen molar-refractivity contribution in [3.63, 3.8) is 0 Å². The number of hydrogen-bond donors (Lipinski definition) is 0. The van der Waals surface area contributed by atoms with E-state index in [9.17, 15) is 19.2 Å². The second kappa shape index (κ2) is 8.20. The molecule has 6 heteroatoms. The van der Waals surface area contributed by atoms with E-state index in [1.165, 1.54) is 19.2 Å². The van der Waals surface area contributed by atoms with Crippen molar-refractivity contribution in [1.82, 2.24) is 0 Å². The van der Waals surface area contributed by atoms with Crippen LogP contribution in [-0.4, -0.2) is 30.4 Å². The monoisotopic (exact) mass is 411 g/mol. The van der Waals surface area contributed by atoms with E-state index in [-0.39, 0.29) is 22.5 Å². The Morgan fingerprint density at radius 3 is 1.74 bits per heavy atom. The fourth-order valence-electron chi connectivity index (χ4n) is 3.39. The van der Waals surface area contributed by atoms with Crippen molar-refractivity contribution in [1.29, 1.82) is 0 Å². The molecular weight excluding hydrogens is 394 g/mol. The predicted molar refractivity (Wildman–Crippen MR) is 114 cm³/mol. The molecule has 3 aromatic carbocycles. The van der Waals surface area contributed by atoms with Gasteiger partial charge in [-0.2, -0.15) is 0 Å². The van der Waals surface area contributed by atoms with Gasteiger partial charge in [0.2, 0.25) is 5.78 Å². The maximum atomic E-state index is 13.4. The number of allylic oxidation sites excluding steroid dienone is 1. The van der Waals surface area contributed by atoms with E-state index in [0.717, 1.165) is 4.90 Å². The summed E-state index contributed by atoms with van der Waals surface area (Å²) < 4.78 is 5.14. The lowest BCUT2D eigenvalue weighted by atomic mass is 9.97. The van der Waals surface area contributed by atoms with Crippen LogP contribution in [0.5, 0.6) is 5.75 Å². The Bertz CT molecular complexity index is 1210. The van der Waals surface area contributed by atoms with E-state index in [4.69, 9.17) is 4.74 Å². The molecule has 0 atom stereocenters. The number of nitrogens with zero attached hydrogens (tertiary/aromatic N) is 1. The molecule has 0 N–H and O–H groups in total. The van der Waals surface area contributed by atoms with Gasteiger partial charge in [-0.3, -0.25) is 24.1 Å². The molecule has 31 heavy (non-hydrogen) atoms. The average molecular weight is 411 g/mol. The molecule has 3 aromatic rings. The van der Waals surface area contributed by atoms with Crippen LogP contribution in [0.25, 0.3) is 0 Å². The zero-order valence-electron chi connectivity index (χ0n) is 16.6. The molecule has 0 unspecified atom stereocenters. The molecular formula is C25H17NO5. The molecule has 0 fully saturated rings. The lowest BCUT2D eigenvalue weighted by Gasteiger charge is -2.19. The summed E-state index contributed by atoms with van der Waals surface area (Å²) in [5, 5.41) is 0. The molecule has 0 saturated carbocycles. The van der Waals surface area contributed by atoms with Crippen LogP contribution in [0, 0.1) is 0 Å². The lowest BCUT2D eigenvalue weighted by molar-refractivity contribution is -0.132. The van der Waals surface area contributed by atoms with Crippen LogP contribution in [0.1, 0.15) is 20.7 Å². The predicted octanol–water partition coefficient (Wildman–Crippen LogP) is 3.63. The molecule has 152 valence electrons. The van der Waals surface area contributed by atoms with Gasteiger partial charge in [-0.25, -0.2) is 0 Å². The number of ether oxygens (including phenoxy) is 1. The van der Waals surface area contributed by atoms with E-state index in [0.29, 0.717) is 5.75 Å². The van der Waals surface area contributed by atoms with Crippen LogP contribution in [-0.2, 0) is 9.59 Å². The summed E-state index contributed by atoms with van der Waals surface area (Å²) >= 11 is 0. The number of anilines is 1. The van der Waals surface area contributed by atoms with E-state index < -0.39 is 28.8 Å². The molecule has 0 aromatic heterocycles. The molecule has 0 spiro atoms. The number of rotatable bonds is 6. The molecule has 0 bridgehead atoms. The summed E-state index contributed by atoms with van der Waals surface area (Å²) in [5.41, 5.74) is 0.0841. The van der Waals surface area contributed by atoms with Gasteiger partial charge in [-0.1, -0.05) is 60.7 Å². The molecule has 1 aliphatic rings. The van der Waals surface area contributed by atoms with Crippen molar-refractivity contribution in [3.8, 4) is 5.75 Å². The number of amides is 1. The highest BCUT2D eigenvalue weighted by Crippen LogP contribution is 2.33. The molecule has 0 radical (unpaired) electrons. The Kier molecular flexibility index (Phi) is 5.28. The number of hydrogen-bond acceptors (Lipinski definition) is 5. The van der Waals surface area contributed by atoms with Gasteiger partial charge in [0.05, 0.1) is 7.11 Å². The number of carbonyl (C=O) groups is 4. The zero-order valence-corrected chi connectivity index (χ0v) is 16.6. The van der Waals surface area contributed by atoms with Gasteiger partial charge in [0.1, 0.15) is 17.0 Å². The highest BCUT2D eigenvalue weighted by atomic mass is 16.5. The van der Waals surface area contributed by atoms with Crippen LogP contribution in [0.4, 0.5) is 5.69 Å². The summed E-state index contributed by atoms with van der Waals surface area (Å²) in [6.07, 6.45) is 0. The van der Waals surface area contributed by atoms with Gasteiger partial charge in [0.25, 0.3) is 5.78 Å². The van der Waals surface area contributed by atoms with Crippen LogP contribution >= 0.6 is 0 Å². The number of ketones is 3. The molecule has 1 aliphatic heterocycles. The quantitative estimate of drug-likeness (QED) is 0.352. The SMILES string of the molecule is COc1ccc(N2C(=O)C(=O)C(C(=O)c3ccccc3)=C2C(=O)c2ccccc2)cc1. The smallest absolute Gasteiger partial charge is 0.304 e. The standard InChI is InChI=1S/C25H17NO5/c1-31-19-14-12-18(13-15-19)26-21(23(28)17-10-6-3-7-11-17)20(24(29)25(26)30)22(27)16-8-4-2-5-9-16/h2-15H,1H3. The normalized spacial score (nSPS) is 13.5. The summed E-state index contributed by atoms with van der Waals surface area (Å²) in [6.45, 7) is 0. The van der Waals surface area contributed by atoms with Crippen molar-refractivity contribution in [2.75, 3.05) is 12.0 Å². The molecule has 0 saturated heterocycles. The highest BCUT2D eigenvalue weighted by molar-refractivity contribution is 6.59. The fourth-order valence-corrected chi connectivity index (χ4v) is 3.39. The van der Waals surface area contributed by atoms with E-state index >= 15 is 0 Å². The van der Waals surface area contributed by atoms with Crippen molar-refractivity contribution < 1.29 is 23.9 Å². The number of Topliss-reactive ketones (excluding diaryl/α,β-unsaturated/α-hetero) is 3. The van der Waals surface area contributed by atoms with Gasteiger partial charge in [0, 0.05) is 16.8 Å². The minimum absolute atomic E-state index is 0.216. The minimum Gasteiger partial charge on any atom is -0.497 e. The van der Waals surface area contributed by atoms with Gasteiger partial charge in [-0.05, 0) is 24.3 Å². The third kappa shape index (κ3) is 3.55. The second-order valence-corrected chi connectivity index (χ2v) is 6.78. The molecule has 4 rings (SSSR count). The molecule has 1 heterocycles. The summed E-state index contributed by atoms with van der Waals surface area (Å²) in [6, 6.07) is 22.6. The van der Waals surface area contributed by atoms with Crippen LogP contribution in [0.2, 0.25) is 0 Å². The summed E-state index contributed by atoms with van der Waals surface area (Å²) in [5.74, 6) is -2.68. The maximum absolute atomic E-state index is 13.4. The van der Waals surface area contributed by atoms with E-state index in [1.807, 2.05) is 0 Å². The van der Waals surface area contributed by atoms with Crippen molar-refractivity contribution in [3.05, 3.63) is 107 Å². The molecule has 6 nitrogen and oxygen atoms in total. The van der Waals surface area contributed by atoms with Crippen molar-refractivity contribution >= 4 is 28.9 Å². The first-order valence-electron chi connectivity index (χ1n) is 9.49. The first-order chi connectivity index (χ1) is 15.0. The van der Waals surface area contributed by atoms with E-state index in [2.05, 4.69) is 0 Å². The number of methoxy groups -OCH3 is 1.